The van der Waals surface area contributed by atoms with Crippen molar-refractivity contribution in [1.29, 1.82) is 0 Å². The molecule has 1 nitrogen and oxygen atoms in total. The number of hydrogen-bond donors (Lipinski definition) is 1. The quantitative estimate of drug-likeness (QED) is 0.594. The van der Waals surface area contributed by atoms with Crippen LogP contribution in [0.2, 0.25) is 0 Å². The fourth-order valence-electron chi connectivity index (χ4n) is 0.931. The molecule has 1 atom stereocenters. The molecule has 58 valence electrons. The van der Waals surface area contributed by atoms with Crippen LogP contribution in [-0.2, 0) is 0 Å². The van der Waals surface area contributed by atoms with Gasteiger partial charge < -0.3 is 5.11 Å². The number of aliphatic hydroxyl groups excluding tert-OH is 1. The SMILES string of the molecule is CC(C)C=C[C@@H](O)C1CC1. The molecule has 0 saturated heterocycles. The van der Waals surface area contributed by atoms with Crippen molar-refractivity contribution in [2.45, 2.75) is 32.8 Å². The minimum atomic E-state index is -0.164. The number of aliphatic hydroxyl groups is 1. The summed E-state index contributed by atoms with van der Waals surface area (Å²) in [6.45, 7) is 4.24. The first-order valence-corrected chi connectivity index (χ1v) is 4.06. The second-order valence-corrected chi connectivity index (χ2v) is 3.46. The summed E-state index contributed by atoms with van der Waals surface area (Å²) in [5.74, 6) is 1.14. The van der Waals surface area contributed by atoms with Crippen molar-refractivity contribution in [3.05, 3.63) is 12.2 Å². The Bertz CT molecular complexity index is 123. The van der Waals surface area contributed by atoms with Crippen molar-refractivity contribution < 1.29 is 5.11 Å². The molecule has 0 bridgehead atoms. The van der Waals surface area contributed by atoms with Gasteiger partial charge >= 0.3 is 0 Å². The molecule has 1 fully saturated rings. The molecule has 0 heterocycles. The molecule has 0 aromatic heterocycles. The van der Waals surface area contributed by atoms with Crippen LogP contribution >= 0.6 is 0 Å². The van der Waals surface area contributed by atoms with Crippen LogP contribution in [-0.4, -0.2) is 11.2 Å². The Morgan fingerprint density at radius 1 is 1.30 bits per heavy atom. The number of rotatable bonds is 3. The van der Waals surface area contributed by atoms with Gasteiger partial charge in [0.05, 0.1) is 6.10 Å². The summed E-state index contributed by atoms with van der Waals surface area (Å²) in [6.07, 6.45) is 6.26. The molecule has 1 rings (SSSR count). The lowest BCUT2D eigenvalue weighted by molar-refractivity contribution is 0.199. The Morgan fingerprint density at radius 3 is 2.30 bits per heavy atom. The molecule has 0 aromatic rings. The summed E-state index contributed by atoms with van der Waals surface area (Å²) < 4.78 is 0. The maximum Gasteiger partial charge on any atom is 0.0749 e. The third-order valence-electron chi connectivity index (χ3n) is 1.80. The van der Waals surface area contributed by atoms with Gasteiger partial charge in [-0.05, 0) is 24.7 Å². The Hall–Kier alpha value is -0.300. The predicted molar refractivity (Wildman–Crippen MR) is 42.7 cm³/mol. The van der Waals surface area contributed by atoms with E-state index in [0.29, 0.717) is 11.8 Å². The Labute approximate surface area is 62.8 Å². The van der Waals surface area contributed by atoms with E-state index in [1.807, 2.05) is 6.08 Å². The van der Waals surface area contributed by atoms with E-state index in [9.17, 15) is 5.11 Å². The Kier molecular flexibility index (Phi) is 2.50. The van der Waals surface area contributed by atoms with Crippen molar-refractivity contribution in [3.8, 4) is 0 Å². The van der Waals surface area contributed by atoms with Gasteiger partial charge in [0.2, 0.25) is 0 Å². The highest BCUT2D eigenvalue weighted by atomic mass is 16.3. The summed E-state index contributed by atoms with van der Waals surface area (Å²) >= 11 is 0. The van der Waals surface area contributed by atoms with E-state index in [-0.39, 0.29) is 6.10 Å². The van der Waals surface area contributed by atoms with Gasteiger partial charge in [-0.15, -0.1) is 0 Å². The minimum absolute atomic E-state index is 0.164. The van der Waals surface area contributed by atoms with E-state index in [1.165, 1.54) is 12.8 Å². The maximum absolute atomic E-state index is 9.35. The highest BCUT2D eigenvalue weighted by molar-refractivity contribution is 4.97. The first kappa shape index (κ1) is 7.80. The standard InChI is InChI=1S/C9H16O/c1-7(2)3-6-9(10)8-4-5-8/h3,6-10H,4-5H2,1-2H3/t9-/m1/s1. The van der Waals surface area contributed by atoms with Gasteiger partial charge in [0.15, 0.2) is 0 Å². The zero-order valence-electron chi connectivity index (χ0n) is 6.75. The molecular weight excluding hydrogens is 124 g/mol. The monoisotopic (exact) mass is 140 g/mol. The first-order valence-electron chi connectivity index (χ1n) is 4.06. The molecule has 0 spiro atoms. The topological polar surface area (TPSA) is 20.2 Å². The van der Waals surface area contributed by atoms with Crippen LogP contribution in [0.4, 0.5) is 0 Å². The van der Waals surface area contributed by atoms with Crippen molar-refractivity contribution in [1.82, 2.24) is 0 Å². The lowest BCUT2D eigenvalue weighted by Crippen LogP contribution is -2.04. The Morgan fingerprint density at radius 2 is 1.90 bits per heavy atom. The average molecular weight is 140 g/mol. The zero-order valence-corrected chi connectivity index (χ0v) is 6.75. The van der Waals surface area contributed by atoms with Gasteiger partial charge in [-0.1, -0.05) is 26.0 Å². The normalized spacial score (nSPS) is 22.4. The van der Waals surface area contributed by atoms with Gasteiger partial charge in [-0.25, -0.2) is 0 Å². The number of hydrogen-bond acceptors (Lipinski definition) is 1. The molecule has 1 aliphatic rings. The van der Waals surface area contributed by atoms with Crippen LogP contribution in [0.1, 0.15) is 26.7 Å². The Balaban J connectivity index is 2.21. The van der Waals surface area contributed by atoms with Crippen LogP contribution in [0.15, 0.2) is 12.2 Å². The molecule has 1 N–H and O–H groups in total. The molecule has 0 amide bonds. The van der Waals surface area contributed by atoms with E-state index in [4.69, 9.17) is 0 Å². The molecule has 10 heavy (non-hydrogen) atoms. The lowest BCUT2D eigenvalue weighted by atomic mass is 10.1. The highest BCUT2D eigenvalue weighted by Crippen LogP contribution is 2.33. The number of allylic oxidation sites excluding steroid dienone is 1. The molecule has 1 saturated carbocycles. The summed E-state index contributed by atoms with van der Waals surface area (Å²) in [5.41, 5.74) is 0. The van der Waals surface area contributed by atoms with E-state index in [1.54, 1.807) is 0 Å². The third-order valence-corrected chi connectivity index (χ3v) is 1.80. The average Bonchev–Trinajstić information content (AvgIpc) is 2.63. The summed E-state index contributed by atoms with van der Waals surface area (Å²) in [6, 6.07) is 0. The minimum Gasteiger partial charge on any atom is -0.389 e. The predicted octanol–water partition coefficient (Wildman–Crippen LogP) is 1.97. The van der Waals surface area contributed by atoms with E-state index >= 15 is 0 Å². The van der Waals surface area contributed by atoms with Crippen LogP contribution in [0.3, 0.4) is 0 Å². The summed E-state index contributed by atoms with van der Waals surface area (Å²) in [4.78, 5) is 0. The molecule has 0 aliphatic heterocycles. The second kappa shape index (κ2) is 3.20. The van der Waals surface area contributed by atoms with Crippen LogP contribution in [0, 0.1) is 11.8 Å². The first-order chi connectivity index (χ1) is 4.70. The van der Waals surface area contributed by atoms with E-state index in [2.05, 4.69) is 19.9 Å². The van der Waals surface area contributed by atoms with Crippen molar-refractivity contribution >= 4 is 0 Å². The fraction of sp³-hybridized carbons (Fsp3) is 0.778. The smallest absolute Gasteiger partial charge is 0.0749 e. The largest absolute Gasteiger partial charge is 0.389 e. The molecule has 1 heteroatoms. The zero-order chi connectivity index (χ0) is 7.56. The van der Waals surface area contributed by atoms with Crippen LogP contribution in [0.5, 0.6) is 0 Å². The second-order valence-electron chi connectivity index (χ2n) is 3.46. The summed E-state index contributed by atoms with van der Waals surface area (Å²) in [5, 5.41) is 9.35. The van der Waals surface area contributed by atoms with Gasteiger partial charge in [-0.2, -0.15) is 0 Å². The fourth-order valence-corrected chi connectivity index (χ4v) is 0.931. The van der Waals surface area contributed by atoms with Gasteiger partial charge in [0, 0.05) is 0 Å². The molecule has 0 unspecified atom stereocenters. The van der Waals surface area contributed by atoms with Crippen LogP contribution in [0.25, 0.3) is 0 Å². The molecular formula is C9H16O. The van der Waals surface area contributed by atoms with Crippen LogP contribution < -0.4 is 0 Å². The molecule has 0 aromatic carbocycles. The molecule has 1 aliphatic carbocycles. The summed E-state index contributed by atoms with van der Waals surface area (Å²) in [7, 11) is 0. The highest BCUT2D eigenvalue weighted by Gasteiger charge is 2.27. The van der Waals surface area contributed by atoms with E-state index in [0.717, 1.165) is 0 Å². The molecule has 0 radical (unpaired) electrons. The van der Waals surface area contributed by atoms with Gasteiger partial charge in [-0.3, -0.25) is 0 Å². The van der Waals surface area contributed by atoms with Gasteiger partial charge in [0.1, 0.15) is 0 Å². The van der Waals surface area contributed by atoms with Crippen molar-refractivity contribution in [2.24, 2.45) is 11.8 Å². The van der Waals surface area contributed by atoms with E-state index < -0.39 is 0 Å². The third kappa shape index (κ3) is 2.53. The van der Waals surface area contributed by atoms with Crippen molar-refractivity contribution in [2.75, 3.05) is 0 Å². The lowest BCUT2D eigenvalue weighted by Gasteiger charge is -2.01. The maximum atomic E-state index is 9.35. The van der Waals surface area contributed by atoms with Gasteiger partial charge in [0.25, 0.3) is 0 Å². The van der Waals surface area contributed by atoms with Crippen molar-refractivity contribution in [3.63, 3.8) is 0 Å².